The third-order valence-electron chi connectivity index (χ3n) is 4.20. The van der Waals surface area contributed by atoms with Gasteiger partial charge in [-0.2, -0.15) is 0 Å². The van der Waals surface area contributed by atoms with Crippen LogP contribution in [0.25, 0.3) is 0 Å². The summed E-state index contributed by atoms with van der Waals surface area (Å²) >= 11 is 2.16. The van der Waals surface area contributed by atoms with Crippen LogP contribution in [0.15, 0.2) is 18.2 Å². The smallest absolute Gasteiger partial charge is 0.257 e. The molecule has 2 unspecified atom stereocenters. The Morgan fingerprint density at radius 2 is 1.94 bits per heavy atom. The van der Waals surface area contributed by atoms with Crippen molar-refractivity contribution in [1.82, 2.24) is 4.90 Å². The Balaban J connectivity index is 1.81. The van der Waals surface area contributed by atoms with E-state index in [1.54, 1.807) is 12.1 Å². The lowest BCUT2D eigenvalue weighted by Crippen LogP contribution is -2.29. The van der Waals surface area contributed by atoms with E-state index >= 15 is 0 Å². The van der Waals surface area contributed by atoms with E-state index in [1.807, 2.05) is 11.0 Å². The van der Waals surface area contributed by atoms with Gasteiger partial charge in [0, 0.05) is 16.7 Å². The predicted octanol–water partition coefficient (Wildman–Crippen LogP) is 2.87. The summed E-state index contributed by atoms with van der Waals surface area (Å²) in [6, 6.07) is 5.18. The maximum Gasteiger partial charge on any atom is 0.257 e. The molecule has 3 rings (SSSR count). The fourth-order valence-electron chi connectivity index (χ4n) is 3.25. The number of hydrogen-bond donors (Lipinski definition) is 1. The third kappa shape index (κ3) is 2.11. The highest BCUT2D eigenvalue weighted by atomic mass is 127. The number of benzene rings is 1. The molecule has 1 heterocycles. The third-order valence-corrected chi connectivity index (χ3v) is 4.87. The molecule has 1 N–H and O–H groups in total. The summed E-state index contributed by atoms with van der Waals surface area (Å²) in [5, 5.41) is 9.82. The lowest BCUT2D eigenvalue weighted by Gasteiger charge is -2.18. The average molecular weight is 357 g/mol. The molecule has 2 fully saturated rings. The first-order valence-electron chi connectivity index (χ1n) is 6.43. The standard InChI is InChI=1S/C14H16INO2/c15-11-4-5-13(17)12(6-11)14(18)16-7-9-2-1-3-10(9)8-16/h4-6,9-10,17H,1-3,7-8H2. The molecule has 1 aromatic rings. The molecule has 1 amide bonds. The van der Waals surface area contributed by atoms with Crippen molar-refractivity contribution in [3.63, 3.8) is 0 Å². The van der Waals surface area contributed by atoms with Crippen LogP contribution in [0, 0.1) is 15.4 Å². The topological polar surface area (TPSA) is 40.5 Å². The van der Waals surface area contributed by atoms with E-state index in [0.717, 1.165) is 16.7 Å². The van der Waals surface area contributed by atoms with E-state index in [-0.39, 0.29) is 11.7 Å². The highest BCUT2D eigenvalue weighted by Gasteiger charge is 2.38. The molecule has 0 spiro atoms. The Bertz CT molecular complexity index is 477. The van der Waals surface area contributed by atoms with Crippen LogP contribution in [0.4, 0.5) is 0 Å². The van der Waals surface area contributed by atoms with Crippen molar-refractivity contribution in [2.24, 2.45) is 11.8 Å². The van der Waals surface area contributed by atoms with Crippen LogP contribution in [0.3, 0.4) is 0 Å². The van der Waals surface area contributed by atoms with Crippen LogP contribution < -0.4 is 0 Å². The van der Waals surface area contributed by atoms with Crippen molar-refractivity contribution in [2.45, 2.75) is 19.3 Å². The number of nitrogens with zero attached hydrogens (tertiary/aromatic N) is 1. The molecule has 0 aromatic heterocycles. The van der Waals surface area contributed by atoms with E-state index in [1.165, 1.54) is 19.3 Å². The maximum atomic E-state index is 12.4. The molecule has 1 saturated heterocycles. The van der Waals surface area contributed by atoms with Gasteiger partial charge in [0.1, 0.15) is 5.75 Å². The fraction of sp³-hybridized carbons (Fsp3) is 0.500. The summed E-state index contributed by atoms with van der Waals surface area (Å²) in [5.74, 6) is 1.47. The van der Waals surface area contributed by atoms with Crippen molar-refractivity contribution >= 4 is 28.5 Å². The normalized spacial score (nSPS) is 26.4. The number of likely N-dealkylation sites (tertiary alicyclic amines) is 1. The van der Waals surface area contributed by atoms with Crippen LogP contribution in [0.5, 0.6) is 5.75 Å². The van der Waals surface area contributed by atoms with Gasteiger partial charge in [0.25, 0.3) is 5.91 Å². The molecule has 3 nitrogen and oxygen atoms in total. The van der Waals surface area contributed by atoms with Gasteiger partial charge in [-0.3, -0.25) is 4.79 Å². The van der Waals surface area contributed by atoms with Gasteiger partial charge in [-0.05, 0) is 65.5 Å². The van der Waals surface area contributed by atoms with Crippen LogP contribution in [-0.2, 0) is 0 Å². The lowest BCUT2D eigenvalue weighted by atomic mass is 10.0. The monoisotopic (exact) mass is 357 g/mol. The quantitative estimate of drug-likeness (QED) is 0.786. The molecule has 18 heavy (non-hydrogen) atoms. The summed E-state index contributed by atoms with van der Waals surface area (Å²) in [6.45, 7) is 1.74. The largest absolute Gasteiger partial charge is 0.507 e. The Morgan fingerprint density at radius 1 is 1.28 bits per heavy atom. The molecule has 1 saturated carbocycles. The molecule has 2 atom stereocenters. The molecular formula is C14H16INO2. The first-order valence-corrected chi connectivity index (χ1v) is 7.51. The van der Waals surface area contributed by atoms with Crippen molar-refractivity contribution in [3.05, 3.63) is 27.3 Å². The number of carbonyl (C=O) groups is 1. The van der Waals surface area contributed by atoms with Crippen molar-refractivity contribution in [2.75, 3.05) is 13.1 Å². The number of phenolic OH excluding ortho intramolecular Hbond substituents is 1. The van der Waals surface area contributed by atoms with Gasteiger partial charge in [-0.25, -0.2) is 0 Å². The van der Waals surface area contributed by atoms with Gasteiger partial charge in [0.2, 0.25) is 0 Å². The van der Waals surface area contributed by atoms with E-state index in [4.69, 9.17) is 0 Å². The van der Waals surface area contributed by atoms with Crippen molar-refractivity contribution in [3.8, 4) is 5.75 Å². The zero-order valence-corrected chi connectivity index (χ0v) is 12.3. The molecule has 0 radical (unpaired) electrons. The SMILES string of the molecule is O=C(c1cc(I)ccc1O)N1CC2CCCC2C1. The first-order chi connectivity index (χ1) is 8.65. The second kappa shape index (κ2) is 4.72. The molecule has 2 aliphatic rings. The van der Waals surface area contributed by atoms with Crippen LogP contribution >= 0.6 is 22.6 Å². The predicted molar refractivity (Wildman–Crippen MR) is 77.6 cm³/mol. The number of rotatable bonds is 1. The van der Waals surface area contributed by atoms with E-state index in [2.05, 4.69) is 22.6 Å². The second-order valence-corrected chi connectivity index (χ2v) is 6.57. The number of aromatic hydroxyl groups is 1. The molecule has 1 aliphatic heterocycles. The van der Waals surface area contributed by atoms with Crippen LogP contribution in [-0.4, -0.2) is 29.0 Å². The zero-order chi connectivity index (χ0) is 12.7. The van der Waals surface area contributed by atoms with Gasteiger partial charge in [0.15, 0.2) is 0 Å². The summed E-state index contributed by atoms with van der Waals surface area (Å²) in [5.41, 5.74) is 0.446. The Morgan fingerprint density at radius 3 is 2.61 bits per heavy atom. The second-order valence-electron chi connectivity index (χ2n) is 5.32. The van der Waals surface area contributed by atoms with E-state index in [0.29, 0.717) is 17.4 Å². The molecule has 1 aliphatic carbocycles. The van der Waals surface area contributed by atoms with Gasteiger partial charge in [-0.1, -0.05) is 6.42 Å². The summed E-state index contributed by atoms with van der Waals surface area (Å²) in [7, 11) is 0. The van der Waals surface area contributed by atoms with Crippen LogP contribution in [0.1, 0.15) is 29.6 Å². The van der Waals surface area contributed by atoms with Crippen molar-refractivity contribution < 1.29 is 9.90 Å². The number of phenols is 1. The molecule has 0 bridgehead atoms. The minimum atomic E-state index is -0.0135. The first kappa shape index (κ1) is 12.3. The van der Waals surface area contributed by atoms with E-state index in [9.17, 15) is 9.90 Å². The molecule has 96 valence electrons. The Kier molecular flexibility index (Phi) is 3.21. The summed E-state index contributed by atoms with van der Waals surface area (Å²) in [4.78, 5) is 14.3. The zero-order valence-electron chi connectivity index (χ0n) is 10.1. The maximum absolute atomic E-state index is 12.4. The van der Waals surface area contributed by atoms with Gasteiger partial charge in [0.05, 0.1) is 5.56 Å². The number of amides is 1. The van der Waals surface area contributed by atoms with Gasteiger partial charge in [-0.15, -0.1) is 0 Å². The Labute approximate surface area is 120 Å². The Hall–Kier alpha value is -0.780. The van der Waals surface area contributed by atoms with Crippen LogP contribution in [0.2, 0.25) is 0 Å². The average Bonchev–Trinajstić information content (AvgIpc) is 2.91. The lowest BCUT2D eigenvalue weighted by molar-refractivity contribution is 0.0777. The number of hydrogen-bond acceptors (Lipinski definition) is 2. The molecule has 1 aromatic carbocycles. The number of carbonyl (C=O) groups excluding carboxylic acids is 1. The minimum Gasteiger partial charge on any atom is -0.507 e. The fourth-order valence-corrected chi connectivity index (χ4v) is 3.74. The summed E-state index contributed by atoms with van der Waals surface area (Å²) in [6.07, 6.45) is 3.82. The number of fused-ring (bicyclic) bond motifs is 1. The summed E-state index contributed by atoms with van der Waals surface area (Å²) < 4.78 is 0.980. The van der Waals surface area contributed by atoms with Crippen molar-refractivity contribution in [1.29, 1.82) is 0 Å². The highest BCUT2D eigenvalue weighted by Crippen LogP contribution is 2.38. The van der Waals surface area contributed by atoms with Gasteiger partial charge < -0.3 is 10.0 Å². The minimum absolute atomic E-state index is 0.0135. The van der Waals surface area contributed by atoms with E-state index < -0.39 is 0 Å². The highest BCUT2D eigenvalue weighted by molar-refractivity contribution is 14.1. The molecule has 4 heteroatoms. The number of halogens is 1. The molecular weight excluding hydrogens is 341 g/mol. The van der Waals surface area contributed by atoms with Gasteiger partial charge >= 0.3 is 0 Å².